The first-order valence-electron chi connectivity index (χ1n) is 8.45. The number of nitrogens with one attached hydrogen (secondary N) is 1. The van der Waals surface area contributed by atoms with Gasteiger partial charge in [0.05, 0.1) is 15.5 Å². The van der Waals surface area contributed by atoms with Gasteiger partial charge in [-0.05, 0) is 55.3 Å². The molecule has 3 aromatic carbocycles. The predicted octanol–water partition coefficient (Wildman–Crippen LogP) is 6.27. The lowest BCUT2D eigenvalue weighted by molar-refractivity contribution is -0.387. The summed E-state index contributed by atoms with van der Waals surface area (Å²) in [6, 6.07) is 17.2. The van der Waals surface area contributed by atoms with Crippen LogP contribution in [-0.2, 0) is 0 Å². The molecule has 0 spiro atoms. The van der Waals surface area contributed by atoms with E-state index in [9.17, 15) is 14.9 Å². The second-order valence-corrected chi connectivity index (χ2v) is 7.66. The number of aryl methyl sites for hydroxylation is 2. The van der Waals surface area contributed by atoms with Crippen molar-refractivity contribution in [2.24, 2.45) is 0 Å². The molecule has 0 bridgehead atoms. The van der Waals surface area contributed by atoms with E-state index in [4.69, 9.17) is 11.6 Å². The summed E-state index contributed by atoms with van der Waals surface area (Å²) in [5, 5.41) is 14.5. The van der Waals surface area contributed by atoms with Crippen molar-refractivity contribution in [2.75, 3.05) is 5.32 Å². The molecule has 1 N–H and O–H groups in total. The number of nitrogens with zero attached hydrogens (tertiary/aromatic N) is 1. The lowest BCUT2D eigenvalue weighted by atomic mass is 10.1. The van der Waals surface area contributed by atoms with Crippen molar-refractivity contribution in [1.82, 2.24) is 0 Å². The van der Waals surface area contributed by atoms with Crippen LogP contribution in [0.3, 0.4) is 0 Å². The molecule has 28 heavy (non-hydrogen) atoms. The Labute approximate surface area is 171 Å². The van der Waals surface area contributed by atoms with Gasteiger partial charge >= 0.3 is 0 Å². The lowest BCUT2D eigenvalue weighted by Gasteiger charge is -2.12. The van der Waals surface area contributed by atoms with Crippen molar-refractivity contribution >= 4 is 40.6 Å². The Hall–Kier alpha value is -2.83. The van der Waals surface area contributed by atoms with Gasteiger partial charge in [-0.3, -0.25) is 14.9 Å². The molecule has 0 radical (unpaired) electrons. The van der Waals surface area contributed by atoms with Gasteiger partial charge in [-0.1, -0.05) is 47.6 Å². The van der Waals surface area contributed by atoms with Crippen molar-refractivity contribution < 1.29 is 9.72 Å². The third-order valence-corrected chi connectivity index (χ3v) is 5.89. The van der Waals surface area contributed by atoms with Crippen LogP contribution in [0, 0.1) is 24.0 Å². The third-order valence-electron chi connectivity index (χ3n) is 4.25. The standard InChI is InChI=1S/C21H17ClN2O3S/c1-13-10-11-15(12-14(13)2)23-21(25)16-6-3-4-9-19(16)28-20-17(22)7-5-8-18(20)24(26)27/h3-12H,1-2H3,(H,23,25). The van der Waals surface area contributed by atoms with E-state index in [0.29, 0.717) is 21.0 Å². The molecule has 0 heterocycles. The van der Waals surface area contributed by atoms with Crippen LogP contribution in [0.15, 0.2) is 70.5 Å². The summed E-state index contributed by atoms with van der Waals surface area (Å²) in [4.78, 5) is 24.6. The van der Waals surface area contributed by atoms with Crippen molar-refractivity contribution in [3.63, 3.8) is 0 Å². The Balaban J connectivity index is 1.93. The molecule has 0 aromatic heterocycles. The highest BCUT2D eigenvalue weighted by Gasteiger charge is 2.20. The maximum atomic E-state index is 12.8. The number of hydrogen-bond donors (Lipinski definition) is 1. The molecule has 0 aliphatic heterocycles. The average Bonchev–Trinajstić information content (AvgIpc) is 2.66. The molecular weight excluding hydrogens is 396 g/mol. The number of halogens is 1. The summed E-state index contributed by atoms with van der Waals surface area (Å²) in [6.45, 7) is 3.98. The molecule has 0 aliphatic carbocycles. The fourth-order valence-corrected chi connectivity index (χ4v) is 3.95. The summed E-state index contributed by atoms with van der Waals surface area (Å²) in [5.74, 6) is -0.291. The van der Waals surface area contributed by atoms with Crippen LogP contribution < -0.4 is 5.32 Å². The Morgan fingerprint density at radius 3 is 2.50 bits per heavy atom. The second kappa shape index (κ2) is 8.46. The van der Waals surface area contributed by atoms with Crippen molar-refractivity contribution in [2.45, 2.75) is 23.6 Å². The zero-order valence-corrected chi connectivity index (χ0v) is 16.8. The van der Waals surface area contributed by atoms with Crippen LogP contribution in [0.25, 0.3) is 0 Å². The van der Waals surface area contributed by atoms with Crippen molar-refractivity contribution in [3.05, 3.63) is 92.5 Å². The number of carbonyl (C=O) groups is 1. The Morgan fingerprint density at radius 1 is 1.04 bits per heavy atom. The van der Waals surface area contributed by atoms with Gasteiger partial charge in [-0.25, -0.2) is 0 Å². The van der Waals surface area contributed by atoms with E-state index in [2.05, 4.69) is 5.32 Å². The molecule has 5 nitrogen and oxygen atoms in total. The van der Waals surface area contributed by atoms with Gasteiger partial charge in [0.15, 0.2) is 0 Å². The van der Waals surface area contributed by atoms with Gasteiger partial charge in [0.25, 0.3) is 11.6 Å². The first-order valence-corrected chi connectivity index (χ1v) is 9.64. The number of rotatable bonds is 5. The monoisotopic (exact) mass is 412 g/mol. The molecule has 0 saturated carbocycles. The van der Waals surface area contributed by atoms with Gasteiger partial charge in [0.1, 0.15) is 4.90 Å². The lowest BCUT2D eigenvalue weighted by Crippen LogP contribution is -2.13. The zero-order valence-electron chi connectivity index (χ0n) is 15.2. The van der Waals surface area contributed by atoms with E-state index in [0.717, 1.165) is 22.9 Å². The average molecular weight is 413 g/mol. The quantitative estimate of drug-likeness (QED) is 0.396. The van der Waals surface area contributed by atoms with Crippen LogP contribution in [0.5, 0.6) is 0 Å². The molecule has 7 heteroatoms. The topological polar surface area (TPSA) is 72.2 Å². The van der Waals surface area contributed by atoms with Crippen LogP contribution >= 0.6 is 23.4 Å². The Bertz CT molecular complexity index is 1070. The second-order valence-electron chi connectivity index (χ2n) is 6.20. The maximum Gasteiger partial charge on any atom is 0.284 e. The number of carbonyl (C=O) groups excluding carboxylic acids is 1. The molecule has 0 atom stereocenters. The molecule has 0 unspecified atom stereocenters. The number of benzene rings is 3. The SMILES string of the molecule is Cc1ccc(NC(=O)c2ccccc2Sc2c(Cl)cccc2[N+](=O)[O-])cc1C. The van der Waals surface area contributed by atoms with Crippen molar-refractivity contribution in [3.8, 4) is 0 Å². The summed E-state index contributed by atoms with van der Waals surface area (Å²) in [5.41, 5.74) is 3.23. The fourth-order valence-electron chi connectivity index (χ4n) is 2.61. The third kappa shape index (κ3) is 4.35. The summed E-state index contributed by atoms with van der Waals surface area (Å²) >= 11 is 7.30. The molecule has 0 saturated heterocycles. The molecule has 0 fully saturated rings. The fraction of sp³-hybridized carbons (Fsp3) is 0.0952. The molecule has 3 rings (SSSR count). The molecule has 1 amide bonds. The molecule has 142 valence electrons. The van der Waals surface area contributed by atoms with Crippen LogP contribution in [0.1, 0.15) is 21.5 Å². The summed E-state index contributed by atoms with van der Waals surface area (Å²) in [7, 11) is 0. The largest absolute Gasteiger partial charge is 0.322 e. The Kier molecular flexibility index (Phi) is 6.02. The van der Waals surface area contributed by atoms with Gasteiger partial charge in [0.2, 0.25) is 0 Å². The van der Waals surface area contributed by atoms with E-state index in [1.807, 2.05) is 32.0 Å². The number of anilines is 1. The zero-order chi connectivity index (χ0) is 20.3. The highest BCUT2D eigenvalue weighted by molar-refractivity contribution is 7.99. The maximum absolute atomic E-state index is 12.8. The molecule has 0 aliphatic rings. The minimum absolute atomic E-state index is 0.0955. The Morgan fingerprint density at radius 2 is 1.79 bits per heavy atom. The summed E-state index contributed by atoms with van der Waals surface area (Å²) < 4.78 is 0. The predicted molar refractivity (Wildman–Crippen MR) is 113 cm³/mol. The van der Waals surface area contributed by atoms with Crippen LogP contribution in [0.4, 0.5) is 11.4 Å². The molecule has 3 aromatic rings. The minimum atomic E-state index is -0.480. The number of nitro benzene ring substituents is 1. The van der Waals surface area contributed by atoms with E-state index in [1.54, 1.807) is 30.3 Å². The normalized spacial score (nSPS) is 10.5. The number of nitro groups is 1. The van der Waals surface area contributed by atoms with Gasteiger partial charge in [-0.15, -0.1) is 0 Å². The van der Waals surface area contributed by atoms with E-state index in [1.165, 1.54) is 12.1 Å². The number of amides is 1. The first-order chi connectivity index (χ1) is 13.4. The number of hydrogen-bond acceptors (Lipinski definition) is 4. The first kappa shape index (κ1) is 19.9. The van der Waals surface area contributed by atoms with Crippen LogP contribution in [0.2, 0.25) is 5.02 Å². The summed E-state index contributed by atoms with van der Waals surface area (Å²) in [6.07, 6.45) is 0. The van der Waals surface area contributed by atoms with Crippen molar-refractivity contribution in [1.29, 1.82) is 0 Å². The van der Waals surface area contributed by atoms with Gasteiger partial charge in [0, 0.05) is 16.6 Å². The minimum Gasteiger partial charge on any atom is -0.322 e. The highest BCUT2D eigenvalue weighted by atomic mass is 35.5. The van der Waals surface area contributed by atoms with Gasteiger partial charge in [-0.2, -0.15) is 0 Å². The van der Waals surface area contributed by atoms with E-state index in [-0.39, 0.29) is 16.6 Å². The highest BCUT2D eigenvalue weighted by Crippen LogP contribution is 2.41. The molecular formula is C21H17ClN2O3S. The van der Waals surface area contributed by atoms with Crippen LogP contribution in [-0.4, -0.2) is 10.8 Å². The smallest absolute Gasteiger partial charge is 0.284 e. The van der Waals surface area contributed by atoms with E-state index < -0.39 is 4.92 Å². The van der Waals surface area contributed by atoms with E-state index >= 15 is 0 Å². The van der Waals surface area contributed by atoms with Gasteiger partial charge < -0.3 is 5.32 Å².